The third kappa shape index (κ3) is 4.09. The van der Waals surface area contributed by atoms with Crippen LogP contribution in [0.25, 0.3) is 5.69 Å². The molecule has 1 heterocycles. The predicted molar refractivity (Wildman–Crippen MR) is 101 cm³/mol. The average Bonchev–Trinajstić information content (AvgIpc) is 3.02. The van der Waals surface area contributed by atoms with Crippen molar-refractivity contribution >= 4 is 27.4 Å². The van der Waals surface area contributed by atoms with Gasteiger partial charge < -0.3 is 5.11 Å². The largest absolute Gasteiger partial charge is 0.478 e. The molecule has 0 amide bonds. The van der Waals surface area contributed by atoms with Gasteiger partial charge in [0.25, 0.3) is 6.43 Å². The molecule has 9 nitrogen and oxygen atoms in total. The summed E-state index contributed by atoms with van der Waals surface area (Å²) in [5, 5.41) is 16.1. The number of carboxylic acids is 1. The number of aromatic nitrogens is 4. The van der Waals surface area contributed by atoms with Crippen LogP contribution in [0.5, 0.6) is 0 Å². The Morgan fingerprint density at radius 1 is 1.23 bits per heavy atom. The van der Waals surface area contributed by atoms with E-state index >= 15 is 0 Å². The molecule has 13 heteroatoms. The molecule has 0 radical (unpaired) electrons. The number of rotatable bonds is 6. The number of hydrogen-bond donors (Lipinski definition) is 1. The highest BCUT2D eigenvalue weighted by molar-refractivity contribution is 7.90. The van der Waals surface area contributed by atoms with Crippen molar-refractivity contribution in [2.45, 2.75) is 17.9 Å². The molecule has 0 bridgehead atoms. The van der Waals surface area contributed by atoms with Gasteiger partial charge in [-0.05, 0) is 34.7 Å². The van der Waals surface area contributed by atoms with Crippen LogP contribution in [-0.2, 0) is 16.4 Å². The van der Waals surface area contributed by atoms with E-state index in [0.717, 1.165) is 33.8 Å². The Hall–Kier alpha value is -3.12. The fourth-order valence-electron chi connectivity index (χ4n) is 2.74. The van der Waals surface area contributed by atoms with Crippen LogP contribution < -0.4 is 5.69 Å². The number of sulfone groups is 1. The van der Waals surface area contributed by atoms with Crippen molar-refractivity contribution in [1.82, 2.24) is 19.8 Å². The van der Waals surface area contributed by atoms with Crippen LogP contribution in [0.3, 0.4) is 0 Å². The lowest BCUT2D eigenvalue weighted by Gasteiger charge is -2.11. The minimum Gasteiger partial charge on any atom is -0.478 e. The number of nitrogens with zero attached hydrogens (tertiary/aromatic N) is 4. The van der Waals surface area contributed by atoms with Gasteiger partial charge in [0.1, 0.15) is 0 Å². The molecule has 2 aromatic carbocycles. The fourth-order valence-corrected chi connectivity index (χ4v) is 4.03. The standard InChI is InChI=1S/C17H13ClF2N4O5S/c1-30(28,29)13-6-5-11(16(25)26)14(18)12(13)8-23-17(27)24(22-21-23)10-4-2-3-9(7-10)15(19)20/h2-7,15H,8H2,1H3,(H,25,26). The molecule has 1 N–H and O–H groups in total. The number of tetrazole rings is 1. The summed E-state index contributed by atoms with van der Waals surface area (Å²) < 4.78 is 51.5. The Morgan fingerprint density at radius 2 is 1.93 bits per heavy atom. The lowest BCUT2D eigenvalue weighted by Crippen LogP contribution is -2.25. The van der Waals surface area contributed by atoms with Gasteiger partial charge in [0.15, 0.2) is 9.84 Å². The van der Waals surface area contributed by atoms with Gasteiger partial charge in [0.05, 0.1) is 27.7 Å². The van der Waals surface area contributed by atoms with Crippen molar-refractivity contribution < 1.29 is 27.1 Å². The van der Waals surface area contributed by atoms with Gasteiger partial charge in [-0.2, -0.15) is 9.36 Å². The smallest absolute Gasteiger partial charge is 0.368 e. The number of halogens is 3. The molecule has 1 aromatic heterocycles. The highest BCUT2D eigenvalue weighted by Crippen LogP contribution is 2.28. The Bertz CT molecular complexity index is 1300. The second-order valence-electron chi connectivity index (χ2n) is 6.21. The predicted octanol–water partition coefficient (Wildman–Crippen LogP) is 2.17. The van der Waals surface area contributed by atoms with E-state index in [9.17, 15) is 31.9 Å². The molecule has 0 saturated carbocycles. The topological polar surface area (TPSA) is 124 Å². The van der Waals surface area contributed by atoms with E-state index in [1.165, 1.54) is 18.2 Å². The zero-order valence-electron chi connectivity index (χ0n) is 15.2. The van der Waals surface area contributed by atoms with E-state index in [2.05, 4.69) is 10.4 Å². The third-order valence-corrected chi connectivity index (χ3v) is 5.76. The third-order valence-electron chi connectivity index (χ3n) is 4.14. The number of alkyl halides is 2. The molecular weight excluding hydrogens is 446 g/mol. The monoisotopic (exact) mass is 458 g/mol. The summed E-state index contributed by atoms with van der Waals surface area (Å²) in [6.45, 7) is -0.504. The van der Waals surface area contributed by atoms with Crippen molar-refractivity contribution in [3.8, 4) is 5.69 Å². The number of aromatic carboxylic acids is 1. The van der Waals surface area contributed by atoms with Crippen molar-refractivity contribution in [3.05, 3.63) is 68.6 Å². The molecular formula is C17H13ClF2N4O5S. The second kappa shape index (κ2) is 7.95. The van der Waals surface area contributed by atoms with Crippen molar-refractivity contribution in [3.63, 3.8) is 0 Å². The molecule has 0 aliphatic carbocycles. The number of benzene rings is 2. The molecule has 3 aromatic rings. The maximum atomic E-state index is 12.9. The van der Waals surface area contributed by atoms with Gasteiger partial charge in [-0.3, -0.25) is 0 Å². The van der Waals surface area contributed by atoms with Gasteiger partial charge in [-0.1, -0.05) is 23.7 Å². The van der Waals surface area contributed by atoms with Gasteiger partial charge in [0.2, 0.25) is 0 Å². The van der Waals surface area contributed by atoms with Gasteiger partial charge in [0, 0.05) is 17.4 Å². The highest BCUT2D eigenvalue weighted by atomic mass is 35.5. The molecule has 0 atom stereocenters. The summed E-state index contributed by atoms with van der Waals surface area (Å²) in [5.41, 5.74) is -1.68. The van der Waals surface area contributed by atoms with Crippen LogP contribution in [0, 0.1) is 0 Å². The number of hydrogen-bond acceptors (Lipinski definition) is 6. The minimum atomic E-state index is -3.82. The maximum absolute atomic E-state index is 12.9. The highest BCUT2D eigenvalue weighted by Gasteiger charge is 2.23. The summed E-state index contributed by atoms with van der Waals surface area (Å²) in [6, 6.07) is 7.04. The van der Waals surface area contributed by atoms with Gasteiger partial charge in [-0.25, -0.2) is 26.8 Å². The number of carbonyl (C=O) groups is 1. The van der Waals surface area contributed by atoms with Gasteiger partial charge >= 0.3 is 11.7 Å². The van der Waals surface area contributed by atoms with Crippen LogP contribution in [0.4, 0.5) is 8.78 Å². The molecule has 0 aliphatic heterocycles. The Morgan fingerprint density at radius 3 is 2.53 bits per heavy atom. The van der Waals surface area contributed by atoms with Crippen LogP contribution in [0.15, 0.2) is 46.1 Å². The first-order valence-corrected chi connectivity index (χ1v) is 10.4. The second-order valence-corrected chi connectivity index (χ2v) is 8.57. The molecule has 0 aliphatic rings. The Balaban J connectivity index is 2.11. The molecule has 0 saturated heterocycles. The minimum absolute atomic E-state index is 0.0257. The summed E-state index contributed by atoms with van der Waals surface area (Å²) in [7, 11) is -3.82. The first-order valence-electron chi connectivity index (χ1n) is 8.16. The Labute approximate surface area is 173 Å². The molecule has 0 fully saturated rings. The van der Waals surface area contributed by atoms with E-state index in [0.29, 0.717) is 0 Å². The Kier molecular flexibility index (Phi) is 5.72. The van der Waals surface area contributed by atoms with Crippen LogP contribution in [0.2, 0.25) is 5.02 Å². The zero-order chi connectivity index (χ0) is 22.2. The maximum Gasteiger partial charge on any atom is 0.368 e. The van der Waals surface area contributed by atoms with Crippen molar-refractivity contribution in [2.24, 2.45) is 0 Å². The van der Waals surface area contributed by atoms with Crippen LogP contribution >= 0.6 is 11.6 Å². The molecule has 3 rings (SSSR count). The quantitative estimate of drug-likeness (QED) is 0.600. The van der Waals surface area contributed by atoms with Crippen molar-refractivity contribution in [2.75, 3.05) is 6.26 Å². The van der Waals surface area contributed by atoms with Crippen molar-refractivity contribution in [1.29, 1.82) is 0 Å². The lowest BCUT2D eigenvalue weighted by molar-refractivity contribution is 0.0696. The summed E-state index contributed by atoms with van der Waals surface area (Å²) in [6.07, 6.45) is -1.86. The first-order chi connectivity index (χ1) is 14.0. The zero-order valence-corrected chi connectivity index (χ0v) is 16.7. The van der Waals surface area contributed by atoms with E-state index in [1.54, 1.807) is 0 Å². The molecule has 30 heavy (non-hydrogen) atoms. The molecule has 158 valence electrons. The lowest BCUT2D eigenvalue weighted by atomic mass is 10.1. The molecule has 0 unspecified atom stereocenters. The van der Waals surface area contributed by atoms with Crippen LogP contribution in [0.1, 0.15) is 27.9 Å². The van der Waals surface area contributed by atoms with Crippen LogP contribution in [-0.4, -0.2) is 45.5 Å². The fraction of sp³-hybridized carbons (Fsp3) is 0.176. The van der Waals surface area contributed by atoms with E-state index in [1.807, 2.05) is 0 Å². The summed E-state index contributed by atoms with van der Waals surface area (Å²) in [4.78, 5) is 23.7. The number of carboxylic acid groups (broad SMARTS) is 1. The van der Waals surface area contributed by atoms with E-state index in [-0.39, 0.29) is 32.3 Å². The first kappa shape index (κ1) is 21.6. The molecule has 0 spiro atoms. The summed E-state index contributed by atoms with van der Waals surface area (Å²) in [5.74, 6) is -1.39. The summed E-state index contributed by atoms with van der Waals surface area (Å²) >= 11 is 6.10. The average molecular weight is 459 g/mol. The van der Waals surface area contributed by atoms with E-state index < -0.39 is 34.5 Å². The SMILES string of the molecule is CS(=O)(=O)c1ccc(C(=O)O)c(Cl)c1Cn1nnn(-c2cccc(C(F)F)c2)c1=O. The van der Waals surface area contributed by atoms with Gasteiger partial charge in [-0.15, -0.1) is 0 Å². The van der Waals surface area contributed by atoms with E-state index in [4.69, 9.17) is 11.6 Å². The normalized spacial score (nSPS) is 11.8.